The number of carbonyl (C=O) groups is 1. The first-order valence-corrected chi connectivity index (χ1v) is 8.67. The van der Waals surface area contributed by atoms with E-state index in [0.717, 1.165) is 44.1 Å². The predicted octanol–water partition coefficient (Wildman–Crippen LogP) is 4.06. The predicted molar refractivity (Wildman–Crippen MR) is 89.6 cm³/mol. The van der Waals surface area contributed by atoms with Gasteiger partial charge in [0.2, 0.25) is 5.91 Å². The highest BCUT2D eigenvalue weighted by atomic mass is 16.3. The van der Waals surface area contributed by atoms with Gasteiger partial charge in [-0.1, -0.05) is 45.4 Å². The van der Waals surface area contributed by atoms with Gasteiger partial charge in [0.1, 0.15) is 0 Å². The third kappa shape index (κ3) is 3.89. The van der Waals surface area contributed by atoms with Gasteiger partial charge in [0.15, 0.2) is 0 Å². The van der Waals surface area contributed by atoms with E-state index in [-0.39, 0.29) is 17.9 Å². The monoisotopic (exact) mass is 303 g/mol. The molecule has 2 rings (SSSR count). The van der Waals surface area contributed by atoms with E-state index >= 15 is 0 Å². The van der Waals surface area contributed by atoms with Crippen molar-refractivity contribution in [1.82, 2.24) is 5.32 Å². The number of aryl methyl sites for hydroxylation is 1. The summed E-state index contributed by atoms with van der Waals surface area (Å²) in [6.45, 7) is 6.09. The summed E-state index contributed by atoms with van der Waals surface area (Å²) < 4.78 is 0. The summed E-state index contributed by atoms with van der Waals surface area (Å²) in [5.74, 6) is 0.194. The molecule has 3 heteroatoms. The molecular weight excluding hydrogens is 274 g/mol. The van der Waals surface area contributed by atoms with Gasteiger partial charge in [0.25, 0.3) is 0 Å². The average molecular weight is 303 g/mol. The van der Waals surface area contributed by atoms with Crippen LogP contribution in [0.4, 0.5) is 0 Å². The normalized spacial score (nSPS) is 20.1. The first kappa shape index (κ1) is 17.0. The number of aliphatic hydroxyl groups excluding tert-OH is 1. The number of hydrogen-bond donors (Lipinski definition) is 2. The molecule has 0 bridgehead atoms. The van der Waals surface area contributed by atoms with Gasteiger partial charge in [-0.05, 0) is 48.8 Å². The molecule has 1 aromatic carbocycles. The van der Waals surface area contributed by atoms with Gasteiger partial charge in [0, 0.05) is 5.92 Å². The summed E-state index contributed by atoms with van der Waals surface area (Å²) in [6, 6.07) is 6.37. The summed E-state index contributed by atoms with van der Waals surface area (Å²) >= 11 is 0. The lowest BCUT2D eigenvalue weighted by Gasteiger charge is -2.28. The van der Waals surface area contributed by atoms with E-state index < -0.39 is 6.10 Å². The second-order valence-corrected chi connectivity index (χ2v) is 6.53. The van der Waals surface area contributed by atoms with Crippen LogP contribution in [0.15, 0.2) is 18.2 Å². The van der Waals surface area contributed by atoms with Crippen molar-refractivity contribution in [2.24, 2.45) is 5.92 Å². The van der Waals surface area contributed by atoms with Crippen LogP contribution in [0.25, 0.3) is 0 Å². The van der Waals surface area contributed by atoms with Crippen molar-refractivity contribution in [3.63, 3.8) is 0 Å². The van der Waals surface area contributed by atoms with Crippen molar-refractivity contribution in [1.29, 1.82) is 0 Å². The highest BCUT2D eigenvalue weighted by molar-refractivity contribution is 5.78. The molecule has 1 aliphatic carbocycles. The molecule has 0 saturated heterocycles. The summed E-state index contributed by atoms with van der Waals surface area (Å²) in [5.41, 5.74) is 3.49. The lowest BCUT2D eigenvalue weighted by atomic mass is 9.85. The topological polar surface area (TPSA) is 49.3 Å². The number of hydrogen-bond acceptors (Lipinski definition) is 2. The van der Waals surface area contributed by atoms with E-state index in [9.17, 15) is 9.90 Å². The fraction of sp³-hybridized carbons (Fsp3) is 0.632. The van der Waals surface area contributed by atoms with Crippen LogP contribution in [0.3, 0.4) is 0 Å². The standard InChI is InChI=1S/C19H29NO2/c1-4-7-18(21)15-11-10-14-8-6-9-17(16(14)12-15)20-19(22)13(3)5-2/h10-13,17-18,21H,4-9H2,1-3H3,(H,20,22). The van der Waals surface area contributed by atoms with Gasteiger partial charge < -0.3 is 10.4 Å². The van der Waals surface area contributed by atoms with Crippen molar-refractivity contribution in [3.05, 3.63) is 34.9 Å². The van der Waals surface area contributed by atoms with Gasteiger partial charge in [0.05, 0.1) is 12.1 Å². The highest BCUT2D eigenvalue weighted by Crippen LogP contribution is 2.32. The maximum Gasteiger partial charge on any atom is 0.223 e. The molecule has 122 valence electrons. The Morgan fingerprint density at radius 2 is 2.18 bits per heavy atom. The summed E-state index contributed by atoms with van der Waals surface area (Å²) in [5, 5.41) is 13.4. The lowest BCUT2D eigenvalue weighted by Crippen LogP contribution is -2.34. The molecule has 1 aliphatic rings. The molecule has 22 heavy (non-hydrogen) atoms. The van der Waals surface area contributed by atoms with Gasteiger partial charge in [-0.25, -0.2) is 0 Å². The lowest BCUT2D eigenvalue weighted by molar-refractivity contribution is -0.125. The number of nitrogens with one attached hydrogen (secondary N) is 1. The quantitative estimate of drug-likeness (QED) is 0.832. The summed E-state index contributed by atoms with van der Waals surface area (Å²) in [4.78, 5) is 12.2. The number of rotatable bonds is 6. The largest absolute Gasteiger partial charge is 0.388 e. The molecule has 1 amide bonds. The minimum atomic E-state index is -0.400. The van der Waals surface area contributed by atoms with Gasteiger partial charge in [-0.2, -0.15) is 0 Å². The minimum Gasteiger partial charge on any atom is -0.388 e. The van der Waals surface area contributed by atoms with Crippen LogP contribution < -0.4 is 5.32 Å². The number of fused-ring (bicyclic) bond motifs is 1. The number of benzene rings is 1. The maximum absolute atomic E-state index is 12.2. The Kier molecular flexibility index (Phi) is 6.01. The third-order valence-electron chi connectivity index (χ3n) is 4.81. The molecule has 0 radical (unpaired) electrons. The van der Waals surface area contributed by atoms with Gasteiger partial charge in [-0.3, -0.25) is 4.79 Å². The molecule has 0 aliphatic heterocycles. The highest BCUT2D eigenvalue weighted by Gasteiger charge is 2.24. The van der Waals surface area contributed by atoms with E-state index in [1.807, 2.05) is 19.9 Å². The van der Waals surface area contributed by atoms with Crippen molar-refractivity contribution < 1.29 is 9.90 Å². The van der Waals surface area contributed by atoms with E-state index in [4.69, 9.17) is 0 Å². The van der Waals surface area contributed by atoms with Crippen molar-refractivity contribution in [2.75, 3.05) is 0 Å². The molecule has 2 N–H and O–H groups in total. The Morgan fingerprint density at radius 1 is 1.41 bits per heavy atom. The molecule has 3 nitrogen and oxygen atoms in total. The molecule has 0 fully saturated rings. The Morgan fingerprint density at radius 3 is 2.86 bits per heavy atom. The molecule has 3 unspecified atom stereocenters. The average Bonchev–Trinajstić information content (AvgIpc) is 2.54. The SMILES string of the molecule is CCCC(O)c1ccc2c(c1)C(NC(=O)C(C)CC)CCC2. The van der Waals surface area contributed by atoms with E-state index in [1.54, 1.807) is 0 Å². The molecule has 0 aromatic heterocycles. The van der Waals surface area contributed by atoms with E-state index in [0.29, 0.717) is 0 Å². The fourth-order valence-corrected chi connectivity index (χ4v) is 3.11. The van der Waals surface area contributed by atoms with Crippen molar-refractivity contribution in [2.45, 2.75) is 71.4 Å². The first-order chi connectivity index (χ1) is 10.6. The Balaban J connectivity index is 2.20. The molecule has 0 spiro atoms. The molecular formula is C19H29NO2. The molecule has 0 heterocycles. The number of amides is 1. The maximum atomic E-state index is 12.2. The zero-order valence-electron chi connectivity index (χ0n) is 14.1. The zero-order valence-corrected chi connectivity index (χ0v) is 14.1. The van der Waals surface area contributed by atoms with Crippen LogP contribution in [0, 0.1) is 5.92 Å². The van der Waals surface area contributed by atoms with Crippen LogP contribution in [-0.2, 0) is 11.2 Å². The van der Waals surface area contributed by atoms with Gasteiger partial charge in [-0.15, -0.1) is 0 Å². The van der Waals surface area contributed by atoms with Crippen LogP contribution >= 0.6 is 0 Å². The van der Waals surface area contributed by atoms with Crippen LogP contribution in [0.5, 0.6) is 0 Å². The van der Waals surface area contributed by atoms with Crippen LogP contribution in [0.2, 0.25) is 0 Å². The molecule has 1 aromatic rings. The van der Waals surface area contributed by atoms with E-state index in [2.05, 4.69) is 24.4 Å². The van der Waals surface area contributed by atoms with Crippen molar-refractivity contribution in [3.8, 4) is 0 Å². The molecule has 3 atom stereocenters. The van der Waals surface area contributed by atoms with Gasteiger partial charge >= 0.3 is 0 Å². The second-order valence-electron chi connectivity index (χ2n) is 6.53. The third-order valence-corrected chi connectivity index (χ3v) is 4.81. The summed E-state index contributed by atoms with van der Waals surface area (Å²) in [7, 11) is 0. The fourth-order valence-electron chi connectivity index (χ4n) is 3.11. The number of carbonyl (C=O) groups excluding carboxylic acids is 1. The van der Waals surface area contributed by atoms with Crippen LogP contribution in [0.1, 0.15) is 81.7 Å². The van der Waals surface area contributed by atoms with Crippen LogP contribution in [-0.4, -0.2) is 11.0 Å². The Bertz CT molecular complexity index is 512. The molecule has 0 saturated carbocycles. The Hall–Kier alpha value is -1.35. The summed E-state index contributed by atoms with van der Waals surface area (Å²) in [6.07, 6.45) is 5.37. The zero-order chi connectivity index (χ0) is 16.1. The smallest absolute Gasteiger partial charge is 0.223 e. The minimum absolute atomic E-state index is 0.0549. The van der Waals surface area contributed by atoms with E-state index in [1.165, 1.54) is 11.1 Å². The first-order valence-electron chi connectivity index (χ1n) is 8.67. The number of aliphatic hydroxyl groups is 1. The Labute approximate surface area is 134 Å². The second kappa shape index (κ2) is 7.77. The van der Waals surface area contributed by atoms with Crippen molar-refractivity contribution >= 4 is 5.91 Å².